The first-order chi connectivity index (χ1) is 10.2. The molecule has 0 atom stereocenters. The van der Waals surface area contributed by atoms with Gasteiger partial charge >= 0.3 is 0 Å². The molecular formula is C13H20N4O4S. The van der Waals surface area contributed by atoms with Gasteiger partial charge in [-0.05, 0) is 18.2 Å². The SMILES string of the molecule is COc1ccc(S(N)(=O)=O)cc1C(=O)NC1CN(C)N(C)C1. The van der Waals surface area contributed by atoms with Crippen molar-refractivity contribution in [2.24, 2.45) is 5.14 Å². The number of hydrazine groups is 1. The molecule has 0 aliphatic carbocycles. The van der Waals surface area contributed by atoms with Gasteiger partial charge in [0.25, 0.3) is 5.91 Å². The molecule has 0 saturated carbocycles. The van der Waals surface area contributed by atoms with Gasteiger partial charge in [-0.3, -0.25) is 4.79 Å². The van der Waals surface area contributed by atoms with Crippen LogP contribution in [0.2, 0.25) is 0 Å². The van der Waals surface area contributed by atoms with Crippen LogP contribution < -0.4 is 15.2 Å². The van der Waals surface area contributed by atoms with E-state index >= 15 is 0 Å². The van der Waals surface area contributed by atoms with Crippen LogP contribution in [0.25, 0.3) is 0 Å². The second-order valence-electron chi connectivity index (χ2n) is 5.26. The predicted molar refractivity (Wildman–Crippen MR) is 80.9 cm³/mol. The lowest BCUT2D eigenvalue weighted by Crippen LogP contribution is -2.38. The number of rotatable bonds is 4. The molecule has 0 spiro atoms. The molecule has 2 rings (SSSR count). The van der Waals surface area contributed by atoms with Gasteiger partial charge in [0.05, 0.1) is 23.6 Å². The van der Waals surface area contributed by atoms with Crippen molar-refractivity contribution in [2.75, 3.05) is 34.3 Å². The summed E-state index contributed by atoms with van der Waals surface area (Å²) in [5.41, 5.74) is 0.145. The molecule has 8 nitrogen and oxygen atoms in total. The zero-order chi connectivity index (χ0) is 16.5. The Bertz CT molecular complexity index is 667. The highest BCUT2D eigenvalue weighted by molar-refractivity contribution is 7.89. The Morgan fingerprint density at radius 2 is 1.91 bits per heavy atom. The maximum atomic E-state index is 12.4. The minimum Gasteiger partial charge on any atom is -0.496 e. The van der Waals surface area contributed by atoms with E-state index in [1.807, 2.05) is 24.1 Å². The molecule has 9 heteroatoms. The number of carbonyl (C=O) groups excluding carboxylic acids is 1. The van der Waals surface area contributed by atoms with Crippen LogP contribution >= 0.6 is 0 Å². The zero-order valence-corrected chi connectivity index (χ0v) is 13.6. The van der Waals surface area contributed by atoms with Gasteiger partial charge in [-0.2, -0.15) is 0 Å². The van der Waals surface area contributed by atoms with Gasteiger partial charge in [-0.1, -0.05) is 0 Å². The number of benzene rings is 1. The number of hydrogen-bond donors (Lipinski definition) is 2. The molecule has 0 bridgehead atoms. The van der Waals surface area contributed by atoms with Gasteiger partial charge in [0, 0.05) is 27.2 Å². The van der Waals surface area contributed by atoms with Crippen molar-refractivity contribution in [2.45, 2.75) is 10.9 Å². The molecule has 22 heavy (non-hydrogen) atoms. The summed E-state index contributed by atoms with van der Waals surface area (Å²) in [4.78, 5) is 12.3. The van der Waals surface area contributed by atoms with E-state index in [2.05, 4.69) is 5.32 Å². The Kier molecular flexibility index (Phi) is 4.71. The van der Waals surface area contributed by atoms with Crippen molar-refractivity contribution < 1.29 is 17.9 Å². The van der Waals surface area contributed by atoms with Crippen LogP contribution in [-0.2, 0) is 10.0 Å². The van der Waals surface area contributed by atoms with Crippen molar-refractivity contribution in [1.82, 2.24) is 15.3 Å². The Balaban J connectivity index is 2.24. The standard InChI is InChI=1S/C13H20N4O4S/c1-16-7-9(8-17(16)2)15-13(18)11-6-10(22(14,19)20)4-5-12(11)21-3/h4-6,9H,7-8H2,1-3H3,(H,15,18)(H2,14,19,20). The van der Waals surface area contributed by atoms with Gasteiger partial charge in [0.15, 0.2) is 0 Å². The average molecular weight is 328 g/mol. The highest BCUT2D eigenvalue weighted by Gasteiger charge is 2.27. The van der Waals surface area contributed by atoms with Crippen LogP contribution in [0.3, 0.4) is 0 Å². The Morgan fingerprint density at radius 3 is 2.41 bits per heavy atom. The largest absolute Gasteiger partial charge is 0.496 e. The first kappa shape index (κ1) is 16.7. The van der Waals surface area contributed by atoms with Crippen molar-refractivity contribution in [3.8, 4) is 5.75 Å². The molecule has 0 unspecified atom stereocenters. The van der Waals surface area contributed by atoms with E-state index in [0.29, 0.717) is 18.8 Å². The highest BCUT2D eigenvalue weighted by Crippen LogP contribution is 2.22. The quantitative estimate of drug-likeness (QED) is 0.752. The normalized spacial score (nSPS) is 17.6. The van der Waals surface area contributed by atoms with Crippen molar-refractivity contribution in [3.63, 3.8) is 0 Å². The number of ether oxygens (including phenoxy) is 1. The molecule has 1 aromatic rings. The molecule has 1 saturated heterocycles. The second-order valence-corrected chi connectivity index (χ2v) is 6.82. The second kappa shape index (κ2) is 6.21. The van der Waals surface area contributed by atoms with Gasteiger partial charge in [0.2, 0.25) is 10.0 Å². The van der Waals surface area contributed by atoms with Crippen LogP contribution in [0.15, 0.2) is 23.1 Å². The van der Waals surface area contributed by atoms with Gasteiger partial charge in [-0.25, -0.2) is 23.6 Å². The minimum atomic E-state index is -3.88. The maximum Gasteiger partial charge on any atom is 0.255 e. The number of primary sulfonamides is 1. The lowest BCUT2D eigenvalue weighted by atomic mass is 10.1. The van der Waals surface area contributed by atoms with Crippen molar-refractivity contribution in [3.05, 3.63) is 23.8 Å². The van der Waals surface area contributed by atoms with E-state index in [0.717, 1.165) is 0 Å². The van der Waals surface area contributed by atoms with Crippen LogP contribution in [0.4, 0.5) is 0 Å². The number of nitrogens with zero attached hydrogens (tertiary/aromatic N) is 2. The summed E-state index contributed by atoms with van der Waals surface area (Å²) in [7, 11) is 1.39. The van der Waals surface area contributed by atoms with E-state index in [9.17, 15) is 13.2 Å². The number of likely N-dealkylation sites (N-methyl/N-ethyl adjacent to an activating group) is 2. The van der Waals surface area contributed by atoms with Gasteiger partial charge in [-0.15, -0.1) is 0 Å². The van der Waals surface area contributed by atoms with E-state index in [1.54, 1.807) is 0 Å². The molecule has 1 fully saturated rings. The number of amides is 1. The smallest absolute Gasteiger partial charge is 0.255 e. The van der Waals surface area contributed by atoms with E-state index in [-0.39, 0.29) is 16.5 Å². The fraction of sp³-hybridized carbons (Fsp3) is 0.462. The summed E-state index contributed by atoms with van der Waals surface area (Å²) >= 11 is 0. The number of nitrogens with two attached hydrogens (primary N) is 1. The van der Waals surface area contributed by atoms with Gasteiger partial charge < -0.3 is 10.1 Å². The number of sulfonamides is 1. The predicted octanol–water partition coefficient (Wildman–Crippen LogP) is -0.767. The Labute approximate surface area is 129 Å². The third-order valence-corrected chi connectivity index (χ3v) is 4.54. The minimum absolute atomic E-state index is 0.0506. The number of hydrogen-bond acceptors (Lipinski definition) is 6. The van der Waals surface area contributed by atoms with Crippen molar-refractivity contribution >= 4 is 15.9 Å². The highest BCUT2D eigenvalue weighted by atomic mass is 32.2. The van der Waals surface area contributed by atoms with Crippen molar-refractivity contribution in [1.29, 1.82) is 0 Å². The van der Waals surface area contributed by atoms with Crippen LogP contribution in [0, 0.1) is 0 Å². The Hall–Kier alpha value is -1.68. The van der Waals surface area contributed by atoms with E-state index in [1.165, 1.54) is 25.3 Å². The lowest BCUT2D eigenvalue weighted by Gasteiger charge is -2.16. The third-order valence-electron chi connectivity index (χ3n) is 3.63. The first-order valence-electron chi connectivity index (χ1n) is 6.66. The van der Waals surface area contributed by atoms with E-state index in [4.69, 9.17) is 9.88 Å². The third kappa shape index (κ3) is 3.55. The fourth-order valence-corrected chi connectivity index (χ4v) is 2.91. The molecule has 1 heterocycles. The van der Waals surface area contributed by atoms with Crippen LogP contribution in [0.5, 0.6) is 5.75 Å². The maximum absolute atomic E-state index is 12.4. The summed E-state index contributed by atoms with van der Waals surface area (Å²) in [5.74, 6) is -0.0966. The number of carbonyl (C=O) groups is 1. The number of methoxy groups -OCH3 is 1. The summed E-state index contributed by atoms with van der Waals surface area (Å²) in [6, 6.07) is 3.90. The summed E-state index contributed by atoms with van der Waals surface area (Å²) in [5, 5.41) is 12.0. The fourth-order valence-electron chi connectivity index (χ4n) is 2.37. The van der Waals surface area contributed by atoms with E-state index < -0.39 is 15.9 Å². The molecular weight excluding hydrogens is 308 g/mol. The zero-order valence-electron chi connectivity index (χ0n) is 12.7. The summed E-state index contributed by atoms with van der Waals surface area (Å²) < 4.78 is 28.0. The summed E-state index contributed by atoms with van der Waals surface area (Å²) in [6.07, 6.45) is 0. The Morgan fingerprint density at radius 1 is 1.32 bits per heavy atom. The molecule has 1 aliphatic heterocycles. The monoisotopic (exact) mass is 328 g/mol. The van der Waals surface area contributed by atoms with Crippen LogP contribution in [0.1, 0.15) is 10.4 Å². The first-order valence-corrected chi connectivity index (χ1v) is 8.21. The molecule has 1 amide bonds. The molecule has 1 aliphatic rings. The molecule has 122 valence electrons. The molecule has 0 aromatic heterocycles. The summed E-state index contributed by atoms with van der Waals surface area (Å²) in [6.45, 7) is 1.36. The molecule has 1 aromatic carbocycles. The molecule has 3 N–H and O–H groups in total. The molecule has 0 radical (unpaired) electrons. The average Bonchev–Trinajstić information content (AvgIpc) is 2.75. The lowest BCUT2D eigenvalue weighted by molar-refractivity contribution is 0.0894. The topological polar surface area (TPSA) is 105 Å². The number of nitrogens with one attached hydrogen (secondary N) is 1. The van der Waals surface area contributed by atoms with Crippen LogP contribution in [-0.4, -0.2) is 64.7 Å². The van der Waals surface area contributed by atoms with Gasteiger partial charge in [0.1, 0.15) is 5.75 Å².